The van der Waals surface area contributed by atoms with Gasteiger partial charge in [0.2, 0.25) is 0 Å². The third-order valence-corrected chi connectivity index (χ3v) is 6.45. The minimum absolute atomic E-state index is 0.0235. The Morgan fingerprint density at radius 2 is 1.93 bits per heavy atom. The molecule has 1 unspecified atom stereocenters. The van der Waals surface area contributed by atoms with Gasteiger partial charge in [0.15, 0.2) is 6.61 Å². The number of carbonyl (C=O) groups is 1. The van der Waals surface area contributed by atoms with Crippen molar-refractivity contribution < 1.29 is 14.3 Å². The lowest BCUT2D eigenvalue weighted by atomic mass is 9.77. The molecule has 4 heteroatoms. The highest BCUT2D eigenvalue weighted by Crippen LogP contribution is 2.46. The van der Waals surface area contributed by atoms with Crippen molar-refractivity contribution in [2.75, 3.05) is 6.61 Å². The van der Waals surface area contributed by atoms with E-state index >= 15 is 0 Å². The number of benzene rings is 2. The quantitative estimate of drug-likeness (QED) is 0.677. The minimum Gasteiger partial charge on any atom is -0.487 e. The number of hydrogen-bond acceptors (Lipinski definition) is 3. The summed E-state index contributed by atoms with van der Waals surface area (Å²) < 4.78 is 12.4. The zero-order valence-electron chi connectivity index (χ0n) is 18.4. The lowest BCUT2D eigenvalue weighted by Gasteiger charge is -2.44. The topological polar surface area (TPSA) is 47.6 Å². The summed E-state index contributed by atoms with van der Waals surface area (Å²) in [5, 5.41) is 3.24. The first-order valence-corrected chi connectivity index (χ1v) is 11.3. The summed E-state index contributed by atoms with van der Waals surface area (Å²) in [7, 11) is 0. The van der Waals surface area contributed by atoms with Crippen LogP contribution >= 0.6 is 0 Å². The highest BCUT2D eigenvalue weighted by atomic mass is 16.5. The molecule has 1 fully saturated rings. The van der Waals surface area contributed by atoms with Crippen LogP contribution in [0, 0.1) is 6.92 Å². The molecule has 0 aromatic heterocycles. The van der Waals surface area contributed by atoms with Gasteiger partial charge in [-0.05, 0) is 61.8 Å². The number of fused-ring (bicyclic) bond motifs is 1. The van der Waals surface area contributed by atoms with E-state index in [1.165, 1.54) is 19.3 Å². The number of hydrogen-bond donors (Lipinski definition) is 1. The Balaban J connectivity index is 1.47. The Morgan fingerprint density at radius 3 is 2.70 bits per heavy atom. The maximum absolute atomic E-state index is 12.9. The molecule has 1 spiro atoms. The summed E-state index contributed by atoms with van der Waals surface area (Å²) >= 11 is 0. The monoisotopic (exact) mass is 407 g/mol. The second kappa shape index (κ2) is 8.71. The molecule has 160 valence electrons. The molecule has 1 aliphatic heterocycles. The number of amides is 1. The van der Waals surface area contributed by atoms with Crippen molar-refractivity contribution in [3.8, 4) is 11.5 Å². The Labute approximate surface area is 180 Å². The zero-order chi connectivity index (χ0) is 21.1. The zero-order valence-corrected chi connectivity index (χ0v) is 18.4. The fraction of sp³-hybridized carbons (Fsp3) is 0.500. The SMILES string of the molecule is Cc1ccc(C(C)C)c(OCC(=O)NC2CC3(CCCCC3)Oc3ccccc32)c1. The van der Waals surface area contributed by atoms with Crippen LogP contribution in [0.2, 0.25) is 0 Å². The van der Waals surface area contributed by atoms with Gasteiger partial charge in [0.05, 0.1) is 6.04 Å². The van der Waals surface area contributed by atoms with E-state index in [1.54, 1.807) is 0 Å². The van der Waals surface area contributed by atoms with E-state index < -0.39 is 0 Å². The summed E-state index contributed by atoms with van der Waals surface area (Å²) in [5.74, 6) is 1.98. The largest absolute Gasteiger partial charge is 0.487 e. The number of ether oxygens (including phenoxy) is 2. The van der Waals surface area contributed by atoms with Crippen LogP contribution < -0.4 is 14.8 Å². The molecular weight excluding hydrogens is 374 g/mol. The Bertz CT molecular complexity index is 899. The van der Waals surface area contributed by atoms with Crippen LogP contribution in [0.25, 0.3) is 0 Å². The maximum atomic E-state index is 12.9. The molecule has 1 amide bonds. The first kappa shape index (κ1) is 20.8. The van der Waals surface area contributed by atoms with Crippen LogP contribution in [0.5, 0.6) is 11.5 Å². The second-order valence-corrected chi connectivity index (χ2v) is 9.19. The van der Waals surface area contributed by atoms with Crippen molar-refractivity contribution in [2.45, 2.75) is 76.9 Å². The first-order valence-electron chi connectivity index (χ1n) is 11.3. The summed E-state index contributed by atoms with van der Waals surface area (Å²) in [4.78, 5) is 12.9. The maximum Gasteiger partial charge on any atom is 0.258 e. The Hall–Kier alpha value is -2.49. The van der Waals surface area contributed by atoms with Gasteiger partial charge in [-0.3, -0.25) is 4.79 Å². The number of rotatable bonds is 5. The van der Waals surface area contributed by atoms with E-state index in [1.807, 2.05) is 31.2 Å². The van der Waals surface area contributed by atoms with Crippen molar-refractivity contribution in [1.82, 2.24) is 5.32 Å². The molecule has 1 saturated carbocycles. The van der Waals surface area contributed by atoms with Gasteiger partial charge < -0.3 is 14.8 Å². The molecule has 1 heterocycles. The highest BCUT2D eigenvalue weighted by Gasteiger charge is 2.42. The van der Waals surface area contributed by atoms with Crippen molar-refractivity contribution in [2.24, 2.45) is 0 Å². The highest BCUT2D eigenvalue weighted by molar-refractivity contribution is 5.78. The number of nitrogens with one attached hydrogen (secondary N) is 1. The molecule has 2 aromatic carbocycles. The number of aryl methyl sites for hydroxylation is 1. The molecule has 4 rings (SSSR count). The molecule has 2 aromatic rings. The van der Waals surface area contributed by atoms with Crippen LogP contribution in [0.4, 0.5) is 0 Å². The minimum atomic E-state index is -0.146. The fourth-order valence-corrected chi connectivity index (χ4v) is 4.87. The first-order chi connectivity index (χ1) is 14.5. The van der Waals surface area contributed by atoms with Gasteiger partial charge in [-0.25, -0.2) is 0 Å². The Morgan fingerprint density at radius 1 is 1.17 bits per heavy atom. The molecule has 1 atom stereocenters. The van der Waals surface area contributed by atoms with E-state index in [4.69, 9.17) is 9.47 Å². The molecule has 4 nitrogen and oxygen atoms in total. The normalized spacial score (nSPS) is 19.8. The van der Waals surface area contributed by atoms with Crippen LogP contribution in [0.3, 0.4) is 0 Å². The molecule has 0 bridgehead atoms. The van der Waals surface area contributed by atoms with Crippen LogP contribution in [0.1, 0.15) is 81.0 Å². The van der Waals surface area contributed by atoms with Crippen molar-refractivity contribution >= 4 is 5.91 Å². The van der Waals surface area contributed by atoms with Gasteiger partial charge in [0.25, 0.3) is 5.91 Å². The number of carbonyl (C=O) groups excluding carboxylic acids is 1. The van der Waals surface area contributed by atoms with Crippen LogP contribution in [0.15, 0.2) is 42.5 Å². The molecule has 2 aliphatic rings. The number of para-hydroxylation sites is 1. The van der Waals surface area contributed by atoms with Gasteiger partial charge in [0.1, 0.15) is 17.1 Å². The molecular formula is C26H33NO3. The predicted molar refractivity (Wildman–Crippen MR) is 119 cm³/mol. The third kappa shape index (κ3) is 4.48. The smallest absolute Gasteiger partial charge is 0.258 e. The van der Waals surface area contributed by atoms with E-state index in [-0.39, 0.29) is 24.2 Å². The van der Waals surface area contributed by atoms with Crippen molar-refractivity contribution in [1.29, 1.82) is 0 Å². The van der Waals surface area contributed by atoms with E-state index in [0.29, 0.717) is 5.92 Å². The van der Waals surface area contributed by atoms with Crippen molar-refractivity contribution in [3.05, 3.63) is 59.2 Å². The lowest BCUT2D eigenvalue weighted by Crippen LogP contribution is -2.47. The molecule has 0 saturated heterocycles. The van der Waals surface area contributed by atoms with Gasteiger partial charge in [-0.1, -0.05) is 50.6 Å². The Kier molecular flexibility index (Phi) is 6.03. The van der Waals surface area contributed by atoms with Gasteiger partial charge in [0, 0.05) is 12.0 Å². The fourth-order valence-electron chi connectivity index (χ4n) is 4.87. The van der Waals surface area contributed by atoms with Crippen molar-refractivity contribution in [3.63, 3.8) is 0 Å². The van der Waals surface area contributed by atoms with Gasteiger partial charge in [-0.2, -0.15) is 0 Å². The molecule has 1 aliphatic carbocycles. The summed E-state index contributed by atoms with van der Waals surface area (Å²) in [6, 6.07) is 14.3. The van der Waals surface area contributed by atoms with E-state index in [9.17, 15) is 4.79 Å². The summed E-state index contributed by atoms with van der Waals surface area (Å²) in [6.07, 6.45) is 6.61. The van der Waals surface area contributed by atoms with Gasteiger partial charge in [-0.15, -0.1) is 0 Å². The lowest BCUT2D eigenvalue weighted by molar-refractivity contribution is -0.124. The van der Waals surface area contributed by atoms with E-state index in [0.717, 1.165) is 47.5 Å². The summed E-state index contributed by atoms with van der Waals surface area (Å²) in [6.45, 7) is 6.34. The summed E-state index contributed by atoms with van der Waals surface area (Å²) in [5.41, 5.74) is 3.19. The average molecular weight is 408 g/mol. The van der Waals surface area contributed by atoms with Crippen LogP contribution in [-0.4, -0.2) is 18.1 Å². The molecule has 1 N–H and O–H groups in total. The molecule has 30 heavy (non-hydrogen) atoms. The van der Waals surface area contributed by atoms with Gasteiger partial charge >= 0.3 is 0 Å². The standard InChI is InChI=1S/C26H33NO3/c1-18(2)20-12-11-19(3)15-24(20)29-17-25(28)27-22-16-26(13-7-4-8-14-26)30-23-10-6-5-9-21(22)23/h5-6,9-12,15,18,22H,4,7-8,13-14,16-17H2,1-3H3,(H,27,28). The third-order valence-electron chi connectivity index (χ3n) is 6.45. The average Bonchev–Trinajstić information content (AvgIpc) is 2.72. The van der Waals surface area contributed by atoms with E-state index in [2.05, 4.69) is 37.4 Å². The predicted octanol–water partition coefficient (Wildman–Crippen LogP) is 5.84. The molecule has 0 radical (unpaired) electrons. The second-order valence-electron chi connectivity index (χ2n) is 9.19. The van der Waals surface area contributed by atoms with Crippen LogP contribution in [-0.2, 0) is 4.79 Å².